The van der Waals surface area contributed by atoms with Crippen LogP contribution in [0.2, 0.25) is 0 Å². The van der Waals surface area contributed by atoms with Gasteiger partial charge in [-0.15, -0.1) is 11.3 Å². The monoisotopic (exact) mass is 430 g/mol. The molecule has 0 bridgehead atoms. The van der Waals surface area contributed by atoms with E-state index in [-0.39, 0.29) is 11.7 Å². The van der Waals surface area contributed by atoms with Crippen LogP contribution in [0.1, 0.15) is 23.2 Å². The minimum absolute atomic E-state index is 0.315. The number of amides is 1. The van der Waals surface area contributed by atoms with Crippen molar-refractivity contribution in [1.82, 2.24) is 4.31 Å². The smallest absolute Gasteiger partial charge is 0.255 e. The van der Waals surface area contributed by atoms with E-state index in [2.05, 4.69) is 5.32 Å². The maximum atomic E-state index is 13.0. The Morgan fingerprint density at radius 2 is 1.72 bits per heavy atom. The number of rotatable bonds is 5. The first kappa shape index (κ1) is 19.8. The maximum Gasteiger partial charge on any atom is 0.255 e. The average molecular weight is 431 g/mol. The topological polar surface area (TPSA) is 66.5 Å². The number of hydrogen-bond donors (Lipinski definition) is 1. The van der Waals surface area contributed by atoms with Crippen molar-refractivity contribution in [3.63, 3.8) is 0 Å². The number of carbonyl (C=O) groups excluding carboxylic acids is 1. The van der Waals surface area contributed by atoms with Crippen molar-refractivity contribution in [2.75, 3.05) is 18.4 Å². The number of sulfonamides is 1. The molecule has 5 nitrogen and oxygen atoms in total. The van der Waals surface area contributed by atoms with E-state index in [4.69, 9.17) is 0 Å². The Labute approximate surface area is 172 Å². The summed E-state index contributed by atoms with van der Waals surface area (Å²) in [6.45, 7) is 1.13. The van der Waals surface area contributed by atoms with Crippen LogP contribution >= 0.6 is 11.3 Å². The standard InChI is InChI=1S/C21H19FN2O3S2/c22-17-6-8-18(9-7-17)23-21(25)16-5-3-4-15(14-16)19-10-11-20(28-19)29(26,27)24-12-1-2-13-24/h3-11,14H,1-2,12-13H2,(H,23,25). The highest BCUT2D eigenvalue weighted by Gasteiger charge is 2.28. The van der Waals surface area contributed by atoms with E-state index in [1.54, 1.807) is 30.3 Å². The Kier molecular flexibility index (Phi) is 5.49. The molecule has 29 heavy (non-hydrogen) atoms. The molecule has 1 N–H and O–H groups in total. The Morgan fingerprint density at radius 3 is 2.45 bits per heavy atom. The van der Waals surface area contributed by atoms with Gasteiger partial charge in [0.1, 0.15) is 10.0 Å². The minimum atomic E-state index is -3.45. The van der Waals surface area contributed by atoms with Crippen LogP contribution in [0.15, 0.2) is 64.9 Å². The lowest BCUT2D eigenvalue weighted by Crippen LogP contribution is -2.27. The van der Waals surface area contributed by atoms with Gasteiger partial charge >= 0.3 is 0 Å². The summed E-state index contributed by atoms with van der Waals surface area (Å²) < 4.78 is 40.3. The summed E-state index contributed by atoms with van der Waals surface area (Å²) >= 11 is 1.20. The first-order valence-electron chi connectivity index (χ1n) is 9.21. The highest BCUT2D eigenvalue weighted by molar-refractivity contribution is 7.91. The SMILES string of the molecule is O=C(Nc1ccc(F)cc1)c1cccc(-c2ccc(S(=O)(=O)N3CCCC3)s2)c1. The number of halogens is 1. The maximum absolute atomic E-state index is 13.0. The molecule has 1 saturated heterocycles. The van der Waals surface area contributed by atoms with Gasteiger partial charge in [0, 0.05) is 29.2 Å². The molecule has 4 rings (SSSR count). The second-order valence-corrected chi connectivity index (χ2v) is 10.0. The summed E-state index contributed by atoms with van der Waals surface area (Å²) in [7, 11) is -3.45. The van der Waals surface area contributed by atoms with Crippen molar-refractivity contribution in [2.45, 2.75) is 17.1 Å². The average Bonchev–Trinajstić information content (AvgIpc) is 3.43. The lowest BCUT2D eigenvalue weighted by Gasteiger charge is -2.13. The zero-order valence-corrected chi connectivity index (χ0v) is 17.1. The lowest BCUT2D eigenvalue weighted by molar-refractivity contribution is 0.102. The third kappa shape index (κ3) is 4.24. The second kappa shape index (κ2) is 8.06. The van der Waals surface area contributed by atoms with Crippen molar-refractivity contribution in [3.05, 3.63) is 72.0 Å². The van der Waals surface area contributed by atoms with Gasteiger partial charge in [0.05, 0.1) is 0 Å². The van der Waals surface area contributed by atoms with Crippen LogP contribution < -0.4 is 5.32 Å². The molecular formula is C21H19FN2O3S2. The van der Waals surface area contributed by atoms with Gasteiger partial charge in [-0.3, -0.25) is 4.79 Å². The number of nitrogens with one attached hydrogen (secondary N) is 1. The molecule has 1 aliphatic heterocycles. The van der Waals surface area contributed by atoms with Gasteiger partial charge < -0.3 is 5.32 Å². The van der Waals surface area contributed by atoms with Crippen molar-refractivity contribution in [1.29, 1.82) is 0 Å². The van der Waals surface area contributed by atoms with E-state index >= 15 is 0 Å². The van der Waals surface area contributed by atoms with Crippen molar-refractivity contribution in [3.8, 4) is 10.4 Å². The van der Waals surface area contributed by atoms with Gasteiger partial charge in [-0.25, -0.2) is 12.8 Å². The first-order valence-corrected chi connectivity index (χ1v) is 11.5. The van der Waals surface area contributed by atoms with Crippen LogP contribution in [0.4, 0.5) is 10.1 Å². The predicted molar refractivity (Wildman–Crippen MR) is 112 cm³/mol. The second-order valence-electron chi connectivity index (χ2n) is 6.77. The molecule has 150 valence electrons. The highest BCUT2D eigenvalue weighted by Crippen LogP contribution is 2.33. The molecule has 0 unspecified atom stereocenters. The van der Waals surface area contributed by atoms with Crippen LogP contribution in [0.25, 0.3) is 10.4 Å². The molecule has 8 heteroatoms. The zero-order chi connectivity index (χ0) is 20.4. The summed E-state index contributed by atoms with van der Waals surface area (Å²) in [5.74, 6) is -0.692. The Bertz CT molecular complexity index is 1130. The molecule has 1 aliphatic rings. The number of thiophene rings is 1. The molecule has 2 aromatic carbocycles. The van der Waals surface area contributed by atoms with Crippen molar-refractivity contribution >= 4 is 33.0 Å². The van der Waals surface area contributed by atoms with Crippen molar-refractivity contribution in [2.24, 2.45) is 0 Å². The fourth-order valence-electron chi connectivity index (χ4n) is 3.22. The quantitative estimate of drug-likeness (QED) is 0.644. The summed E-state index contributed by atoms with van der Waals surface area (Å²) in [4.78, 5) is 13.3. The number of nitrogens with zero attached hydrogens (tertiary/aromatic N) is 1. The molecule has 3 aromatic rings. The molecule has 1 fully saturated rings. The molecule has 0 aliphatic carbocycles. The van der Waals surface area contributed by atoms with Crippen LogP contribution in [0.5, 0.6) is 0 Å². The summed E-state index contributed by atoms with van der Waals surface area (Å²) in [6, 6.07) is 15.9. The summed E-state index contributed by atoms with van der Waals surface area (Å²) in [6.07, 6.45) is 1.78. The predicted octanol–water partition coefficient (Wildman–Crippen LogP) is 4.59. The Balaban J connectivity index is 1.55. The fraction of sp³-hybridized carbons (Fsp3) is 0.190. The Hall–Kier alpha value is -2.55. The molecular weight excluding hydrogens is 411 g/mol. The Morgan fingerprint density at radius 1 is 1.00 bits per heavy atom. The molecule has 2 heterocycles. The minimum Gasteiger partial charge on any atom is -0.322 e. The number of anilines is 1. The molecule has 0 radical (unpaired) electrons. The molecule has 1 amide bonds. The first-order chi connectivity index (χ1) is 13.9. The van der Waals surface area contributed by atoms with Gasteiger partial charge in [-0.1, -0.05) is 12.1 Å². The van der Waals surface area contributed by atoms with E-state index in [9.17, 15) is 17.6 Å². The third-order valence-corrected chi connectivity index (χ3v) is 8.25. The van der Waals surface area contributed by atoms with E-state index in [0.29, 0.717) is 28.5 Å². The molecule has 0 atom stereocenters. The van der Waals surface area contributed by atoms with Gasteiger partial charge in [0.15, 0.2) is 0 Å². The van der Waals surface area contributed by atoms with Crippen molar-refractivity contribution < 1.29 is 17.6 Å². The van der Waals surface area contributed by atoms with E-state index < -0.39 is 10.0 Å². The molecule has 0 saturated carbocycles. The van der Waals surface area contributed by atoms with E-state index in [1.807, 2.05) is 6.07 Å². The van der Waals surface area contributed by atoms with Gasteiger partial charge in [0.2, 0.25) is 0 Å². The molecule has 0 spiro atoms. The zero-order valence-electron chi connectivity index (χ0n) is 15.5. The van der Waals surface area contributed by atoms with E-state index in [0.717, 1.165) is 23.3 Å². The summed E-state index contributed by atoms with van der Waals surface area (Å²) in [5.41, 5.74) is 1.70. The third-order valence-electron chi connectivity index (χ3n) is 4.75. The lowest BCUT2D eigenvalue weighted by atomic mass is 10.1. The van der Waals surface area contributed by atoms with Crippen LogP contribution in [0, 0.1) is 5.82 Å². The molecule has 1 aromatic heterocycles. The van der Waals surface area contributed by atoms with E-state index in [1.165, 1.54) is 39.9 Å². The van der Waals surface area contributed by atoms with Crippen LogP contribution in [0.3, 0.4) is 0 Å². The van der Waals surface area contributed by atoms with Gasteiger partial charge in [-0.05, 0) is 66.9 Å². The van der Waals surface area contributed by atoms with Gasteiger partial charge in [-0.2, -0.15) is 4.31 Å². The fourth-order valence-corrected chi connectivity index (χ4v) is 6.19. The largest absolute Gasteiger partial charge is 0.322 e. The number of carbonyl (C=O) groups is 1. The normalized spacial score (nSPS) is 14.8. The number of benzene rings is 2. The number of hydrogen-bond acceptors (Lipinski definition) is 4. The highest BCUT2D eigenvalue weighted by atomic mass is 32.2. The summed E-state index contributed by atoms with van der Waals surface area (Å²) in [5, 5.41) is 2.73. The van der Waals surface area contributed by atoms with Crippen LogP contribution in [-0.4, -0.2) is 31.7 Å². The van der Waals surface area contributed by atoms with Gasteiger partial charge in [0.25, 0.3) is 15.9 Å². The van der Waals surface area contributed by atoms with Crippen LogP contribution in [-0.2, 0) is 10.0 Å².